The van der Waals surface area contributed by atoms with E-state index in [0.717, 1.165) is 0 Å². The van der Waals surface area contributed by atoms with Gasteiger partial charge in [-0.1, -0.05) is 26.1 Å². The second-order valence-electron chi connectivity index (χ2n) is 2.82. The molecule has 0 radical (unpaired) electrons. The molecule has 0 aromatic heterocycles. The SMILES string of the molecule is CCC(O)(CC)CO.CSC(=S)CO. The van der Waals surface area contributed by atoms with E-state index in [9.17, 15) is 5.11 Å². The van der Waals surface area contributed by atoms with Gasteiger partial charge in [0, 0.05) is 0 Å². The van der Waals surface area contributed by atoms with Crippen molar-refractivity contribution in [3.8, 4) is 0 Å². The number of rotatable bonds is 4. The Kier molecular flexibility index (Phi) is 11.8. The second kappa shape index (κ2) is 9.86. The largest absolute Gasteiger partial charge is 0.393 e. The number of hydrogen-bond acceptors (Lipinski definition) is 5. The number of hydrogen-bond donors (Lipinski definition) is 3. The standard InChI is InChI=1S/C6H14O2.C3H6OS2/c1-3-6(8,4-2)5-7;1-6-3(5)2-4/h7-8H,3-5H2,1-2H3;4H,2H2,1H3. The van der Waals surface area contributed by atoms with Gasteiger partial charge in [-0.15, -0.1) is 11.8 Å². The Hall–Kier alpha value is 0.320. The van der Waals surface area contributed by atoms with Crippen molar-refractivity contribution in [2.45, 2.75) is 32.3 Å². The maximum atomic E-state index is 9.19. The summed E-state index contributed by atoms with van der Waals surface area (Å²) >= 11 is 5.98. The zero-order valence-electron chi connectivity index (χ0n) is 8.99. The van der Waals surface area contributed by atoms with Gasteiger partial charge in [-0.25, -0.2) is 0 Å². The van der Waals surface area contributed by atoms with E-state index in [1.807, 2.05) is 20.1 Å². The molecule has 0 amide bonds. The molecule has 5 heteroatoms. The predicted octanol–water partition coefficient (Wildman–Crippen LogP) is 1.20. The number of thiocarbonyl (C=S) groups is 1. The third-order valence-electron chi connectivity index (χ3n) is 1.97. The highest BCUT2D eigenvalue weighted by Gasteiger charge is 2.19. The highest BCUT2D eigenvalue weighted by molar-refractivity contribution is 8.22. The molecule has 0 aromatic carbocycles. The first kappa shape index (κ1) is 16.7. The molecular weight excluding hydrogens is 220 g/mol. The van der Waals surface area contributed by atoms with Crippen LogP contribution in [0, 0.1) is 0 Å². The van der Waals surface area contributed by atoms with Crippen molar-refractivity contribution >= 4 is 28.2 Å². The second-order valence-corrected chi connectivity index (χ2v) is 4.48. The third kappa shape index (κ3) is 8.90. The van der Waals surface area contributed by atoms with E-state index in [1.165, 1.54) is 11.8 Å². The van der Waals surface area contributed by atoms with Crippen molar-refractivity contribution in [2.24, 2.45) is 0 Å². The quantitative estimate of drug-likeness (QED) is 0.645. The third-order valence-corrected chi connectivity index (χ3v) is 3.18. The van der Waals surface area contributed by atoms with Crippen molar-refractivity contribution in [2.75, 3.05) is 19.5 Å². The van der Waals surface area contributed by atoms with Crippen LogP contribution in [-0.4, -0.2) is 44.6 Å². The van der Waals surface area contributed by atoms with Crippen molar-refractivity contribution < 1.29 is 15.3 Å². The molecule has 0 saturated heterocycles. The van der Waals surface area contributed by atoms with E-state index in [0.29, 0.717) is 17.0 Å². The van der Waals surface area contributed by atoms with Crippen LogP contribution in [0.25, 0.3) is 0 Å². The Balaban J connectivity index is 0. The number of thioether (sulfide) groups is 1. The highest BCUT2D eigenvalue weighted by Crippen LogP contribution is 2.11. The van der Waals surface area contributed by atoms with Crippen molar-refractivity contribution in [1.29, 1.82) is 0 Å². The molecular formula is C9H20O3S2. The minimum atomic E-state index is -0.819. The minimum Gasteiger partial charge on any atom is -0.393 e. The van der Waals surface area contributed by atoms with Crippen LogP contribution in [0.5, 0.6) is 0 Å². The average Bonchev–Trinajstić information content (AvgIpc) is 2.27. The first-order chi connectivity index (χ1) is 6.49. The Labute approximate surface area is 95.5 Å². The van der Waals surface area contributed by atoms with E-state index in [1.54, 1.807) is 0 Å². The topological polar surface area (TPSA) is 60.7 Å². The molecule has 14 heavy (non-hydrogen) atoms. The number of aliphatic hydroxyl groups excluding tert-OH is 2. The van der Waals surface area contributed by atoms with Gasteiger partial charge in [0.15, 0.2) is 0 Å². The molecule has 0 aliphatic rings. The van der Waals surface area contributed by atoms with Gasteiger partial charge in [0.2, 0.25) is 0 Å². The Morgan fingerprint density at radius 2 is 1.71 bits per heavy atom. The van der Waals surface area contributed by atoms with Crippen LogP contribution in [0.15, 0.2) is 0 Å². The predicted molar refractivity (Wildman–Crippen MR) is 65.8 cm³/mol. The lowest BCUT2D eigenvalue weighted by Crippen LogP contribution is -2.30. The molecule has 0 unspecified atom stereocenters. The van der Waals surface area contributed by atoms with Gasteiger partial charge in [0.25, 0.3) is 0 Å². The summed E-state index contributed by atoms with van der Waals surface area (Å²) in [5.74, 6) is 0. The van der Waals surface area contributed by atoms with Crippen molar-refractivity contribution in [3.05, 3.63) is 0 Å². The lowest BCUT2D eigenvalue weighted by Gasteiger charge is -2.21. The van der Waals surface area contributed by atoms with Crippen LogP contribution in [0.1, 0.15) is 26.7 Å². The van der Waals surface area contributed by atoms with E-state index in [2.05, 4.69) is 12.2 Å². The zero-order valence-corrected chi connectivity index (χ0v) is 10.6. The molecule has 0 rings (SSSR count). The highest BCUT2D eigenvalue weighted by atomic mass is 32.2. The van der Waals surface area contributed by atoms with Crippen molar-refractivity contribution in [3.63, 3.8) is 0 Å². The zero-order chi connectivity index (χ0) is 11.6. The molecule has 0 saturated carbocycles. The molecule has 3 nitrogen and oxygen atoms in total. The summed E-state index contributed by atoms with van der Waals surface area (Å²) in [6.45, 7) is 3.62. The summed E-state index contributed by atoms with van der Waals surface area (Å²) < 4.78 is 0.648. The summed E-state index contributed by atoms with van der Waals surface area (Å²) in [5.41, 5.74) is -0.819. The van der Waals surface area contributed by atoms with E-state index in [-0.39, 0.29) is 13.2 Å². The molecule has 3 N–H and O–H groups in total. The average molecular weight is 240 g/mol. The van der Waals surface area contributed by atoms with E-state index in [4.69, 9.17) is 10.2 Å². The van der Waals surface area contributed by atoms with E-state index < -0.39 is 5.60 Å². The summed E-state index contributed by atoms with van der Waals surface area (Å²) in [6.07, 6.45) is 3.10. The maximum Gasteiger partial charge on any atom is 0.0872 e. The van der Waals surface area contributed by atoms with Crippen LogP contribution in [0.3, 0.4) is 0 Å². The molecule has 0 aliphatic carbocycles. The number of aliphatic hydroxyl groups is 3. The summed E-state index contributed by atoms with van der Waals surface area (Å²) in [4.78, 5) is 0. The molecule has 0 aliphatic heterocycles. The van der Waals surface area contributed by atoms with Gasteiger partial charge in [-0.05, 0) is 19.1 Å². The van der Waals surface area contributed by atoms with Gasteiger partial charge >= 0.3 is 0 Å². The van der Waals surface area contributed by atoms with Crippen LogP contribution in [0.2, 0.25) is 0 Å². The maximum absolute atomic E-state index is 9.19. The fraction of sp³-hybridized carbons (Fsp3) is 0.889. The Morgan fingerprint density at radius 1 is 1.29 bits per heavy atom. The molecule has 0 atom stereocenters. The summed E-state index contributed by atoms with van der Waals surface area (Å²) in [7, 11) is 0. The lowest BCUT2D eigenvalue weighted by molar-refractivity contribution is -0.0203. The first-order valence-corrected chi connectivity index (χ1v) is 6.13. The fourth-order valence-corrected chi connectivity index (χ4v) is 0.667. The van der Waals surface area contributed by atoms with Gasteiger partial charge in [0.05, 0.1) is 23.0 Å². The summed E-state index contributed by atoms with van der Waals surface area (Å²) in [5, 5.41) is 25.9. The molecule has 86 valence electrons. The van der Waals surface area contributed by atoms with Gasteiger partial charge < -0.3 is 15.3 Å². The van der Waals surface area contributed by atoms with Crippen LogP contribution < -0.4 is 0 Å². The monoisotopic (exact) mass is 240 g/mol. The minimum absolute atomic E-state index is 0.0243. The molecule has 0 fully saturated rings. The first-order valence-electron chi connectivity index (χ1n) is 4.50. The Bertz CT molecular complexity index is 133. The van der Waals surface area contributed by atoms with Gasteiger partial charge in [-0.3, -0.25) is 0 Å². The Morgan fingerprint density at radius 3 is 1.71 bits per heavy atom. The molecule has 0 heterocycles. The van der Waals surface area contributed by atoms with E-state index >= 15 is 0 Å². The van der Waals surface area contributed by atoms with Crippen LogP contribution >= 0.6 is 24.0 Å². The fourth-order valence-electron chi connectivity index (χ4n) is 0.538. The van der Waals surface area contributed by atoms with Gasteiger partial charge in [0.1, 0.15) is 0 Å². The van der Waals surface area contributed by atoms with Crippen molar-refractivity contribution in [1.82, 2.24) is 0 Å². The smallest absolute Gasteiger partial charge is 0.0872 e. The lowest BCUT2D eigenvalue weighted by atomic mass is 9.99. The molecule has 0 bridgehead atoms. The van der Waals surface area contributed by atoms with Crippen LogP contribution in [0.4, 0.5) is 0 Å². The summed E-state index contributed by atoms with van der Waals surface area (Å²) in [6, 6.07) is 0. The normalized spacial score (nSPS) is 10.4. The molecule has 0 aromatic rings. The van der Waals surface area contributed by atoms with Gasteiger partial charge in [-0.2, -0.15) is 0 Å². The van der Waals surface area contributed by atoms with Crippen LogP contribution in [-0.2, 0) is 0 Å². The molecule has 0 spiro atoms.